The van der Waals surface area contributed by atoms with Crippen LogP contribution >= 0.6 is 15.9 Å². The maximum atomic E-state index is 4.17. The normalized spacial score (nSPS) is 10.9. The van der Waals surface area contributed by atoms with Crippen LogP contribution in [0.1, 0.15) is 5.56 Å². The lowest BCUT2D eigenvalue weighted by atomic mass is 10.2. The van der Waals surface area contributed by atoms with E-state index in [0.29, 0.717) is 0 Å². The molecule has 0 aliphatic rings. The Morgan fingerprint density at radius 3 is 2.25 bits per heavy atom. The van der Waals surface area contributed by atoms with E-state index in [1.807, 2.05) is 55.5 Å². The van der Waals surface area contributed by atoms with Gasteiger partial charge in [-0.25, -0.2) is 0 Å². The number of nitrogens with zero attached hydrogens (tertiary/aromatic N) is 2. The third-order valence-electron chi connectivity index (χ3n) is 2.19. The van der Waals surface area contributed by atoms with Crippen LogP contribution < -0.4 is 0 Å². The van der Waals surface area contributed by atoms with Crippen molar-refractivity contribution in [2.75, 3.05) is 0 Å². The van der Waals surface area contributed by atoms with E-state index < -0.39 is 0 Å². The first-order valence-electron chi connectivity index (χ1n) is 4.98. The molecule has 0 fully saturated rings. The van der Waals surface area contributed by atoms with Crippen molar-refractivity contribution in [2.24, 2.45) is 10.2 Å². The van der Waals surface area contributed by atoms with Crippen LogP contribution in [-0.4, -0.2) is 0 Å². The van der Waals surface area contributed by atoms with Gasteiger partial charge in [0.05, 0.1) is 11.4 Å². The number of aryl methyl sites for hydroxylation is 1. The van der Waals surface area contributed by atoms with Crippen LogP contribution in [0.4, 0.5) is 11.4 Å². The van der Waals surface area contributed by atoms with E-state index in [2.05, 4.69) is 26.2 Å². The van der Waals surface area contributed by atoms with Gasteiger partial charge >= 0.3 is 0 Å². The van der Waals surface area contributed by atoms with Crippen LogP contribution in [0.25, 0.3) is 0 Å². The molecule has 0 unspecified atom stereocenters. The Kier molecular flexibility index (Phi) is 3.47. The van der Waals surface area contributed by atoms with Gasteiger partial charge in [0.1, 0.15) is 0 Å². The second kappa shape index (κ2) is 5.03. The second-order valence-corrected chi connectivity index (χ2v) is 4.32. The summed E-state index contributed by atoms with van der Waals surface area (Å²) < 4.78 is 1.05. The van der Waals surface area contributed by atoms with Crippen molar-refractivity contribution in [1.29, 1.82) is 0 Å². The van der Waals surface area contributed by atoms with E-state index in [0.717, 1.165) is 15.8 Å². The molecular formula is C13H11BrN2. The molecule has 80 valence electrons. The van der Waals surface area contributed by atoms with E-state index in [1.165, 1.54) is 5.56 Å². The van der Waals surface area contributed by atoms with Crippen molar-refractivity contribution in [3.63, 3.8) is 0 Å². The predicted molar refractivity (Wildman–Crippen MR) is 69.5 cm³/mol. The smallest absolute Gasteiger partial charge is 0.0868 e. The molecule has 0 spiro atoms. The molecule has 0 aromatic heterocycles. The Labute approximate surface area is 103 Å². The predicted octanol–water partition coefficient (Wildman–Crippen LogP) is 5.17. The minimum atomic E-state index is 0.848. The zero-order valence-corrected chi connectivity index (χ0v) is 10.5. The first kappa shape index (κ1) is 11.0. The van der Waals surface area contributed by atoms with Crippen LogP contribution in [-0.2, 0) is 0 Å². The SMILES string of the molecule is Cc1ccc(N=Nc2ccccc2)cc1Br. The van der Waals surface area contributed by atoms with Crippen LogP contribution in [0.3, 0.4) is 0 Å². The van der Waals surface area contributed by atoms with Crippen molar-refractivity contribution in [3.05, 3.63) is 58.6 Å². The molecule has 0 saturated carbocycles. The maximum Gasteiger partial charge on any atom is 0.0868 e. The minimum Gasteiger partial charge on any atom is -0.151 e. The molecular weight excluding hydrogens is 264 g/mol. The van der Waals surface area contributed by atoms with Gasteiger partial charge in [-0.1, -0.05) is 40.2 Å². The number of azo groups is 1. The Bertz CT molecular complexity index is 507. The van der Waals surface area contributed by atoms with E-state index in [-0.39, 0.29) is 0 Å². The number of rotatable bonds is 2. The molecule has 3 heteroatoms. The zero-order valence-electron chi connectivity index (χ0n) is 8.89. The van der Waals surface area contributed by atoms with Gasteiger partial charge in [-0.2, -0.15) is 10.2 Å². The highest BCUT2D eigenvalue weighted by Gasteiger charge is 1.95. The molecule has 0 aliphatic carbocycles. The van der Waals surface area contributed by atoms with Gasteiger partial charge in [0.2, 0.25) is 0 Å². The van der Waals surface area contributed by atoms with Crippen molar-refractivity contribution in [2.45, 2.75) is 6.92 Å². The molecule has 2 rings (SSSR count). The molecule has 16 heavy (non-hydrogen) atoms. The third-order valence-corrected chi connectivity index (χ3v) is 3.05. The second-order valence-electron chi connectivity index (χ2n) is 3.47. The Morgan fingerprint density at radius 1 is 0.875 bits per heavy atom. The number of hydrogen-bond donors (Lipinski definition) is 0. The largest absolute Gasteiger partial charge is 0.151 e. The topological polar surface area (TPSA) is 24.7 Å². The van der Waals surface area contributed by atoms with E-state index in [9.17, 15) is 0 Å². The summed E-state index contributed by atoms with van der Waals surface area (Å²) in [5, 5.41) is 8.32. The average Bonchev–Trinajstić information content (AvgIpc) is 2.32. The molecule has 0 aliphatic heterocycles. The van der Waals surface area contributed by atoms with Gasteiger partial charge in [-0.3, -0.25) is 0 Å². The molecule has 0 radical (unpaired) electrons. The molecule has 0 amide bonds. The summed E-state index contributed by atoms with van der Waals surface area (Å²) in [7, 11) is 0. The summed E-state index contributed by atoms with van der Waals surface area (Å²) in [4.78, 5) is 0. The van der Waals surface area contributed by atoms with Crippen molar-refractivity contribution < 1.29 is 0 Å². The zero-order chi connectivity index (χ0) is 11.4. The monoisotopic (exact) mass is 274 g/mol. The van der Waals surface area contributed by atoms with Crippen LogP contribution in [0, 0.1) is 6.92 Å². The summed E-state index contributed by atoms with van der Waals surface area (Å²) in [5.41, 5.74) is 2.90. The molecule has 0 saturated heterocycles. The summed E-state index contributed by atoms with van der Waals surface area (Å²) >= 11 is 3.47. The van der Waals surface area contributed by atoms with E-state index in [4.69, 9.17) is 0 Å². The Balaban J connectivity index is 2.21. The van der Waals surface area contributed by atoms with Gasteiger partial charge in [0, 0.05) is 4.47 Å². The fourth-order valence-corrected chi connectivity index (χ4v) is 1.62. The van der Waals surface area contributed by atoms with E-state index in [1.54, 1.807) is 0 Å². The lowest BCUT2D eigenvalue weighted by Crippen LogP contribution is -1.73. The molecule has 2 aromatic carbocycles. The lowest BCUT2D eigenvalue weighted by molar-refractivity contribution is 1.22. The molecule has 0 atom stereocenters. The Hall–Kier alpha value is -1.48. The molecule has 0 bridgehead atoms. The number of hydrogen-bond acceptors (Lipinski definition) is 2. The highest BCUT2D eigenvalue weighted by Crippen LogP contribution is 2.24. The fourth-order valence-electron chi connectivity index (χ4n) is 1.25. The van der Waals surface area contributed by atoms with Gasteiger partial charge in [0.25, 0.3) is 0 Å². The van der Waals surface area contributed by atoms with Gasteiger partial charge in [-0.15, -0.1) is 0 Å². The molecule has 2 aromatic rings. The quantitative estimate of drug-likeness (QED) is 0.675. The summed E-state index contributed by atoms with van der Waals surface area (Å²) in [6.45, 7) is 2.04. The van der Waals surface area contributed by atoms with Crippen molar-refractivity contribution in [3.8, 4) is 0 Å². The van der Waals surface area contributed by atoms with Gasteiger partial charge in [-0.05, 0) is 36.8 Å². The first-order valence-corrected chi connectivity index (χ1v) is 5.78. The molecule has 0 N–H and O–H groups in total. The lowest BCUT2D eigenvalue weighted by Gasteiger charge is -1.98. The minimum absolute atomic E-state index is 0.848. The highest BCUT2D eigenvalue weighted by molar-refractivity contribution is 9.10. The Morgan fingerprint density at radius 2 is 1.56 bits per heavy atom. The summed E-state index contributed by atoms with van der Waals surface area (Å²) in [5.74, 6) is 0. The summed E-state index contributed by atoms with van der Waals surface area (Å²) in [6, 6.07) is 15.6. The third kappa shape index (κ3) is 2.76. The van der Waals surface area contributed by atoms with Crippen LogP contribution in [0.5, 0.6) is 0 Å². The van der Waals surface area contributed by atoms with Gasteiger partial charge < -0.3 is 0 Å². The summed E-state index contributed by atoms with van der Waals surface area (Å²) in [6.07, 6.45) is 0. The molecule has 2 nitrogen and oxygen atoms in total. The van der Waals surface area contributed by atoms with Crippen molar-refractivity contribution in [1.82, 2.24) is 0 Å². The van der Waals surface area contributed by atoms with Crippen LogP contribution in [0.15, 0.2) is 63.2 Å². The number of halogens is 1. The maximum absolute atomic E-state index is 4.17. The standard InChI is InChI=1S/C13H11BrN2/c1-10-7-8-12(9-13(10)14)16-15-11-5-3-2-4-6-11/h2-9H,1H3. The van der Waals surface area contributed by atoms with Crippen LogP contribution in [0.2, 0.25) is 0 Å². The van der Waals surface area contributed by atoms with Crippen molar-refractivity contribution >= 4 is 27.3 Å². The fraction of sp³-hybridized carbons (Fsp3) is 0.0769. The highest BCUT2D eigenvalue weighted by atomic mass is 79.9. The molecule has 0 heterocycles. The number of benzene rings is 2. The first-order chi connectivity index (χ1) is 7.75. The average molecular weight is 275 g/mol. The van der Waals surface area contributed by atoms with E-state index >= 15 is 0 Å². The van der Waals surface area contributed by atoms with Gasteiger partial charge in [0.15, 0.2) is 0 Å².